The molecule has 1 rings (SSSR count). The van der Waals surface area contributed by atoms with Crippen molar-refractivity contribution >= 4 is 28.6 Å². The van der Waals surface area contributed by atoms with Crippen molar-refractivity contribution in [3.8, 4) is 5.88 Å². The number of rotatable bonds is 4. The zero-order valence-electron chi connectivity index (χ0n) is 9.27. The maximum absolute atomic E-state index is 10.7. The van der Waals surface area contributed by atoms with Crippen LogP contribution in [-0.2, 0) is 4.79 Å². The first-order valence-corrected chi connectivity index (χ1v) is 5.72. The van der Waals surface area contributed by atoms with Crippen molar-refractivity contribution < 1.29 is 9.53 Å². The molecule has 0 aliphatic heterocycles. The first-order valence-electron chi connectivity index (χ1n) is 4.74. The highest BCUT2D eigenvalue weighted by Crippen LogP contribution is 2.18. The second-order valence-corrected chi connectivity index (χ2v) is 4.24. The minimum atomic E-state index is 0.104. The zero-order chi connectivity index (χ0) is 12.0. The molecule has 86 valence electrons. The smallest absolute Gasteiger partial charge is 0.237 e. The Kier molecular flexibility index (Phi) is 4.85. The lowest BCUT2D eigenvalue weighted by Crippen LogP contribution is -1.96. The van der Waals surface area contributed by atoms with Crippen molar-refractivity contribution in [2.24, 2.45) is 0 Å². The monoisotopic (exact) mass is 238 g/mol. The van der Waals surface area contributed by atoms with Crippen LogP contribution in [0.4, 0.5) is 5.69 Å². The molecule has 0 saturated carbocycles. The average Bonchev–Trinajstić information content (AvgIpc) is 2.26. The highest BCUT2D eigenvalue weighted by Gasteiger charge is 2.00. The third-order valence-corrected chi connectivity index (χ3v) is 2.54. The maximum atomic E-state index is 10.7. The average molecular weight is 238 g/mol. The van der Waals surface area contributed by atoms with Gasteiger partial charge in [0.25, 0.3) is 0 Å². The van der Waals surface area contributed by atoms with Gasteiger partial charge in [0.05, 0.1) is 18.5 Å². The number of aromatic nitrogens is 1. The van der Waals surface area contributed by atoms with Crippen LogP contribution in [0.25, 0.3) is 6.08 Å². The fourth-order valence-electron chi connectivity index (χ4n) is 1.06. The van der Waals surface area contributed by atoms with Gasteiger partial charge in [-0.2, -0.15) is 0 Å². The van der Waals surface area contributed by atoms with Crippen LogP contribution in [0.1, 0.15) is 12.6 Å². The Bertz CT molecular complexity index is 405. The summed E-state index contributed by atoms with van der Waals surface area (Å²) in [7, 11) is 1.53. The van der Waals surface area contributed by atoms with E-state index in [0.717, 1.165) is 5.69 Å². The van der Waals surface area contributed by atoms with Gasteiger partial charge in [0.1, 0.15) is 0 Å². The van der Waals surface area contributed by atoms with Gasteiger partial charge in [0.15, 0.2) is 5.12 Å². The number of nitrogens with zero attached hydrogens (tertiary/aromatic N) is 1. The van der Waals surface area contributed by atoms with Crippen molar-refractivity contribution in [3.63, 3.8) is 0 Å². The Morgan fingerprint density at radius 1 is 1.62 bits per heavy atom. The van der Waals surface area contributed by atoms with Gasteiger partial charge in [-0.25, -0.2) is 4.98 Å². The third-order valence-electron chi connectivity index (χ3n) is 1.78. The number of anilines is 1. The molecule has 0 amide bonds. The summed E-state index contributed by atoms with van der Waals surface area (Å²) in [5.74, 6) is 1.06. The molecule has 0 fully saturated rings. The van der Waals surface area contributed by atoms with Gasteiger partial charge in [0.2, 0.25) is 5.88 Å². The molecular weight excluding hydrogens is 224 g/mol. The van der Waals surface area contributed by atoms with Gasteiger partial charge in [-0.1, -0.05) is 17.8 Å². The number of hydrogen-bond donors (Lipinski definition) is 1. The minimum Gasteiger partial charge on any atom is -0.480 e. The molecular formula is C11H14N2O2S. The molecule has 4 nitrogen and oxygen atoms in total. The van der Waals surface area contributed by atoms with Gasteiger partial charge in [-0.15, -0.1) is 0 Å². The Morgan fingerprint density at radius 2 is 2.38 bits per heavy atom. The van der Waals surface area contributed by atoms with Gasteiger partial charge >= 0.3 is 0 Å². The summed E-state index contributed by atoms with van der Waals surface area (Å²) in [6.45, 7) is 1.54. The molecule has 0 bridgehead atoms. The summed E-state index contributed by atoms with van der Waals surface area (Å²) in [6, 6.07) is 3.54. The van der Waals surface area contributed by atoms with Crippen LogP contribution in [0, 0.1) is 0 Å². The van der Waals surface area contributed by atoms with Crippen LogP contribution in [0.2, 0.25) is 0 Å². The molecule has 1 heterocycles. The standard InChI is InChI=1S/C11H14N2O2S/c1-8(14)16-7-3-4-9-5-6-10(12)11(13-9)15-2/h3-6H,7,12H2,1-2H3. The molecule has 16 heavy (non-hydrogen) atoms. The summed E-state index contributed by atoms with van der Waals surface area (Å²) in [5.41, 5.74) is 6.91. The third kappa shape index (κ3) is 3.94. The van der Waals surface area contributed by atoms with E-state index in [2.05, 4.69) is 4.98 Å². The van der Waals surface area contributed by atoms with Crippen molar-refractivity contribution in [3.05, 3.63) is 23.9 Å². The summed E-state index contributed by atoms with van der Waals surface area (Å²) in [5, 5.41) is 0.104. The van der Waals surface area contributed by atoms with E-state index in [0.29, 0.717) is 17.3 Å². The molecule has 2 N–H and O–H groups in total. The number of nitrogen functional groups attached to an aromatic ring is 1. The first kappa shape index (κ1) is 12.6. The fourth-order valence-corrected chi connectivity index (χ4v) is 1.48. The lowest BCUT2D eigenvalue weighted by molar-refractivity contribution is -0.109. The van der Waals surface area contributed by atoms with E-state index in [1.807, 2.05) is 12.2 Å². The maximum Gasteiger partial charge on any atom is 0.237 e. The fraction of sp³-hybridized carbons (Fsp3) is 0.273. The number of ether oxygens (including phenoxy) is 1. The van der Waals surface area contributed by atoms with E-state index in [-0.39, 0.29) is 5.12 Å². The number of thioether (sulfide) groups is 1. The van der Waals surface area contributed by atoms with Crippen LogP contribution in [-0.4, -0.2) is 23.0 Å². The van der Waals surface area contributed by atoms with Crippen LogP contribution in [0.15, 0.2) is 18.2 Å². The molecule has 1 aromatic heterocycles. The number of pyridine rings is 1. The highest BCUT2D eigenvalue weighted by molar-refractivity contribution is 8.13. The molecule has 0 radical (unpaired) electrons. The largest absolute Gasteiger partial charge is 0.480 e. The predicted molar refractivity (Wildman–Crippen MR) is 67.4 cm³/mol. The predicted octanol–water partition coefficient (Wildman–Crippen LogP) is 1.97. The number of methoxy groups -OCH3 is 1. The molecule has 0 aliphatic rings. The van der Waals surface area contributed by atoms with Crippen molar-refractivity contribution in [1.82, 2.24) is 4.98 Å². The van der Waals surface area contributed by atoms with Crippen LogP contribution in [0.3, 0.4) is 0 Å². The van der Waals surface area contributed by atoms with Crippen molar-refractivity contribution in [1.29, 1.82) is 0 Å². The van der Waals surface area contributed by atoms with Crippen molar-refractivity contribution in [2.45, 2.75) is 6.92 Å². The number of nitrogens with two attached hydrogens (primary N) is 1. The lowest BCUT2D eigenvalue weighted by atomic mass is 10.3. The molecule has 0 atom stereocenters. The van der Waals surface area contributed by atoms with Gasteiger partial charge in [0, 0.05) is 12.7 Å². The van der Waals surface area contributed by atoms with Crippen LogP contribution in [0.5, 0.6) is 5.88 Å². The normalized spacial score (nSPS) is 10.6. The SMILES string of the molecule is COc1nc(C=CCSC(C)=O)ccc1N. The van der Waals surface area contributed by atoms with E-state index < -0.39 is 0 Å². The Labute approximate surface area is 98.9 Å². The molecule has 0 saturated heterocycles. The first-order chi connectivity index (χ1) is 7.63. The van der Waals surface area contributed by atoms with Crippen molar-refractivity contribution in [2.75, 3.05) is 18.6 Å². The van der Waals surface area contributed by atoms with Gasteiger partial charge in [-0.3, -0.25) is 4.79 Å². The van der Waals surface area contributed by atoms with E-state index >= 15 is 0 Å². The van der Waals surface area contributed by atoms with E-state index in [1.54, 1.807) is 19.1 Å². The second kappa shape index (κ2) is 6.17. The highest BCUT2D eigenvalue weighted by atomic mass is 32.2. The van der Waals surface area contributed by atoms with Gasteiger partial charge in [-0.05, 0) is 18.2 Å². The topological polar surface area (TPSA) is 65.2 Å². The molecule has 5 heteroatoms. The molecule has 0 aliphatic carbocycles. The quantitative estimate of drug-likeness (QED) is 0.868. The summed E-state index contributed by atoms with van der Waals surface area (Å²) < 4.78 is 5.00. The van der Waals surface area contributed by atoms with Crippen LogP contribution >= 0.6 is 11.8 Å². The number of carbonyl (C=O) groups is 1. The van der Waals surface area contributed by atoms with Crippen LogP contribution < -0.4 is 10.5 Å². The molecule has 0 aromatic carbocycles. The number of carbonyl (C=O) groups excluding carboxylic acids is 1. The lowest BCUT2D eigenvalue weighted by Gasteiger charge is -2.03. The second-order valence-electron chi connectivity index (χ2n) is 3.04. The summed E-state index contributed by atoms with van der Waals surface area (Å²) in [4.78, 5) is 14.9. The summed E-state index contributed by atoms with van der Waals surface area (Å²) in [6.07, 6.45) is 3.71. The molecule has 0 unspecified atom stereocenters. The Hall–Kier alpha value is -1.49. The zero-order valence-corrected chi connectivity index (χ0v) is 10.1. The molecule has 0 spiro atoms. The summed E-state index contributed by atoms with van der Waals surface area (Å²) >= 11 is 1.25. The Balaban J connectivity index is 2.63. The molecule has 1 aromatic rings. The van der Waals surface area contributed by atoms with Gasteiger partial charge < -0.3 is 10.5 Å². The van der Waals surface area contributed by atoms with E-state index in [1.165, 1.54) is 18.9 Å². The van der Waals surface area contributed by atoms with E-state index in [4.69, 9.17) is 10.5 Å². The Morgan fingerprint density at radius 3 is 3.00 bits per heavy atom. The number of hydrogen-bond acceptors (Lipinski definition) is 5. The van der Waals surface area contributed by atoms with E-state index in [9.17, 15) is 4.79 Å². The minimum absolute atomic E-state index is 0.104.